The molecule has 0 radical (unpaired) electrons. The fourth-order valence-corrected chi connectivity index (χ4v) is 2.78. The topological polar surface area (TPSA) is 51.2 Å². The highest BCUT2D eigenvalue weighted by atomic mass is 32.1. The Kier molecular flexibility index (Phi) is 3.35. The molecule has 5 heteroatoms. The maximum absolute atomic E-state index is 11.8. The number of thiazole rings is 1. The number of ether oxygens (including phenoxy) is 1. The number of carbonyl (C=O) groups excluding carboxylic acids is 1. The Morgan fingerprint density at radius 2 is 1.95 bits per heavy atom. The molecule has 0 fully saturated rings. The SMILES string of the molecule is Cc1cccc2sc(NC(=O)Oc3ccccc3)nc12. The number of para-hydroxylation sites is 2. The summed E-state index contributed by atoms with van der Waals surface area (Å²) in [6.07, 6.45) is -0.534. The fraction of sp³-hybridized carbons (Fsp3) is 0.0667. The third-order valence-electron chi connectivity index (χ3n) is 2.78. The van der Waals surface area contributed by atoms with Gasteiger partial charge in [0.15, 0.2) is 5.13 Å². The second kappa shape index (κ2) is 5.30. The highest BCUT2D eigenvalue weighted by Gasteiger charge is 2.10. The number of nitrogens with zero attached hydrogens (tertiary/aromatic N) is 1. The molecule has 3 aromatic rings. The molecule has 0 unspecified atom stereocenters. The summed E-state index contributed by atoms with van der Waals surface area (Å²) < 4.78 is 6.20. The molecule has 0 saturated carbocycles. The van der Waals surface area contributed by atoms with Crippen LogP contribution < -0.4 is 10.1 Å². The molecule has 1 aromatic heterocycles. The van der Waals surface area contributed by atoms with Crippen molar-refractivity contribution < 1.29 is 9.53 Å². The molecule has 3 rings (SSSR count). The predicted octanol–water partition coefficient (Wildman–Crippen LogP) is 4.22. The van der Waals surface area contributed by atoms with Crippen molar-refractivity contribution in [2.45, 2.75) is 6.92 Å². The van der Waals surface area contributed by atoms with E-state index in [1.165, 1.54) is 11.3 Å². The zero-order valence-electron chi connectivity index (χ0n) is 10.8. The van der Waals surface area contributed by atoms with E-state index in [0.717, 1.165) is 15.8 Å². The number of aromatic nitrogens is 1. The Labute approximate surface area is 120 Å². The van der Waals surface area contributed by atoms with E-state index in [1.807, 2.05) is 43.3 Å². The molecule has 0 atom stereocenters. The van der Waals surface area contributed by atoms with Gasteiger partial charge >= 0.3 is 6.09 Å². The summed E-state index contributed by atoms with van der Waals surface area (Å²) in [5, 5.41) is 3.19. The van der Waals surface area contributed by atoms with Gasteiger partial charge in [0, 0.05) is 0 Å². The molecule has 100 valence electrons. The van der Waals surface area contributed by atoms with Gasteiger partial charge in [-0.25, -0.2) is 9.78 Å². The number of benzene rings is 2. The van der Waals surface area contributed by atoms with Crippen molar-refractivity contribution >= 4 is 32.8 Å². The van der Waals surface area contributed by atoms with Crippen LogP contribution >= 0.6 is 11.3 Å². The summed E-state index contributed by atoms with van der Waals surface area (Å²) in [5.41, 5.74) is 2.00. The Hall–Kier alpha value is -2.40. The molecular weight excluding hydrogens is 272 g/mol. The van der Waals surface area contributed by atoms with E-state index >= 15 is 0 Å². The van der Waals surface area contributed by atoms with Crippen LogP contribution in [-0.2, 0) is 0 Å². The minimum atomic E-state index is -0.534. The summed E-state index contributed by atoms with van der Waals surface area (Å²) >= 11 is 1.43. The molecule has 20 heavy (non-hydrogen) atoms. The summed E-state index contributed by atoms with van der Waals surface area (Å²) in [4.78, 5) is 16.2. The number of carbonyl (C=O) groups is 1. The Morgan fingerprint density at radius 3 is 2.70 bits per heavy atom. The van der Waals surface area contributed by atoms with Crippen LogP contribution in [0.2, 0.25) is 0 Å². The normalized spacial score (nSPS) is 10.4. The number of anilines is 1. The van der Waals surface area contributed by atoms with Crippen LogP contribution in [0.4, 0.5) is 9.93 Å². The van der Waals surface area contributed by atoms with Crippen molar-refractivity contribution in [3.8, 4) is 5.75 Å². The molecule has 0 aliphatic rings. The minimum Gasteiger partial charge on any atom is -0.410 e. The van der Waals surface area contributed by atoms with Crippen molar-refractivity contribution in [2.24, 2.45) is 0 Å². The fourth-order valence-electron chi connectivity index (χ4n) is 1.85. The van der Waals surface area contributed by atoms with E-state index in [0.29, 0.717) is 10.9 Å². The summed E-state index contributed by atoms with van der Waals surface area (Å²) in [7, 11) is 0. The zero-order chi connectivity index (χ0) is 13.9. The van der Waals surface area contributed by atoms with Gasteiger partial charge in [-0.05, 0) is 30.7 Å². The third kappa shape index (κ3) is 2.62. The molecule has 1 amide bonds. The highest BCUT2D eigenvalue weighted by molar-refractivity contribution is 7.22. The average Bonchev–Trinajstić information content (AvgIpc) is 2.83. The largest absolute Gasteiger partial charge is 0.418 e. The van der Waals surface area contributed by atoms with Crippen molar-refractivity contribution in [3.63, 3.8) is 0 Å². The number of fused-ring (bicyclic) bond motifs is 1. The van der Waals surface area contributed by atoms with Crippen LogP contribution in [0.3, 0.4) is 0 Å². The predicted molar refractivity (Wildman–Crippen MR) is 80.4 cm³/mol. The second-order valence-electron chi connectivity index (χ2n) is 4.27. The van der Waals surface area contributed by atoms with E-state index in [2.05, 4.69) is 10.3 Å². The average molecular weight is 284 g/mol. The van der Waals surface area contributed by atoms with Crippen LogP contribution in [0.15, 0.2) is 48.5 Å². The van der Waals surface area contributed by atoms with Gasteiger partial charge in [0.25, 0.3) is 0 Å². The van der Waals surface area contributed by atoms with Gasteiger partial charge in [-0.1, -0.05) is 41.7 Å². The molecule has 0 spiro atoms. The maximum atomic E-state index is 11.8. The van der Waals surface area contributed by atoms with Crippen molar-refractivity contribution in [2.75, 3.05) is 5.32 Å². The van der Waals surface area contributed by atoms with Crippen molar-refractivity contribution in [1.82, 2.24) is 4.98 Å². The van der Waals surface area contributed by atoms with Crippen LogP contribution in [-0.4, -0.2) is 11.1 Å². The van der Waals surface area contributed by atoms with Gasteiger partial charge < -0.3 is 4.74 Å². The van der Waals surface area contributed by atoms with Gasteiger partial charge in [0.2, 0.25) is 0 Å². The van der Waals surface area contributed by atoms with Gasteiger partial charge in [0.05, 0.1) is 10.2 Å². The lowest BCUT2D eigenvalue weighted by molar-refractivity contribution is 0.215. The number of hydrogen-bond donors (Lipinski definition) is 1. The molecule has 0 aliphatic heterocycles. The molecule has 0 bridgehead atoms. The lowest BCUT2D eigenvalue weighted by Gasteiger charge is -2.03. The zero-order valence-corrected chi connectivity index (χ0v) is 11.6. The minimum absolute atomic E-state index is 0.502. The molecule has 4 nitrogen and oxygen atoms in total. The monoisotopic (exact) mass is 284 g/mol. The first-order valence-electron chi connectivity index (χ1n) is 6.12. The first kappa shape index (κ1) is 12.6. The smallest absolute Gasteiger partial charge is 0.410 e. The highest BCUT2D eigenvalue weighted by Crippen LogP contribution is 2.27. The van der Waals surface area contributed by atoms with Gasteiger partial charge in [-0.3, -0.25) is 5.32 Å². The van der Waals surface area contributed by atoms with Gasteiger partial charge in [-0.15, -0.1) is 0 Å². The standard InChI is InChI=1S/C15H12N2O2S/c1-10-6-5-9-12-13(10)16-14(20-12)17-15(18)19-11-7-3-2-4-8-11/h2-9H,1H3,(H,16,17,18). The Bertz CT molecular complexity index is 753. The lowest BCUT2D eigenvalue weighted by atomic mass is 10.2. The number of aryl methyl sites for hydroxylation is 1. The van der Waals surface area contributed by atoms with Crippen LogP contribution in [0.25, 0.3) is 10.2 Å². The molecule has 0 aliphatic carbocycles. The van der Waals surface area contributed by atoms with E-state index in [4.69, 9.17) is 4.74 Å². The third-order valence-corrected chi connectivity index (χ3v) is 3.72. The number of amides is 1. The van der Waals surface area contributed by atoms with Gasteiger partial charge in [-0.2, -0.15) is 0 Å². The van der Waals surface area contributed by atoms with E-state index in [1.54, 1.807) is 12.1 Å². The Balaban J connectivity index is 1.76. The first-order valence-corrected chi connectivity index (χ1v) is 6.94. The van der Waals surface area contributed by atoms with E-state index in [-0.39, 0.29) is 0 Å². The molecule has 1 heterocycles. The van der Waals surface area contributed by atoms with Crippen LogP contribution in [0, 0.1) is 6.92 Å². The van der Waals surface area contributed by atoms with E-state index < -0.39 is 6.09 Å². The first-order chi connectivity index (χ1) is 9.72. The molecule has 2 aromatic carbocycles. The van der Waals surface area contributed by atoms with E-state index in [9.17, 15) is 4.79 Å². The summed E-state index contributed by atoms with van der Waals surface area (Å²) in [6, 6.07) is 14.9. The van der Waals surface area contributed by atoms with Crippen LogP contribution in [0.5, 0.6) is 5.75 Å². The summed E-state index contributed by atoms with van der Waals surface area (Å²) in [6.45, 7) is 1.99. The van der Waals surface area contributed by atoms with Crippen LogP contribution in [0.1, 0.15) is 5.56 Å². The quantitative estimate of drug-likeness (QED) is 0.766. The van der Waals surface area contributed by atoms with Crippen molar-refractivity contribution in [1.29, 1.82) is 0 Å². The number of nitrogens with one attached hydrogen (secondary N) is 1. The summed E-state index contributed by atoms with van der Waals surface area (Å²) in [5.74, 6) is 0.502. The second-order valence-corrected chi connectivity index (χ2v) is 5.30. The Morgan fingerprint density at radius 1 is 1.15 bits per heavy atom. The molecule has 0 saturated heterocycles. The number of rotatable bonds is 2. The lowest BCUT2D eigenvalue weighted by Crippen LogP contribution is -2.16. The van der Waals surface area contributed by atoms with Crippen molar-refractivity contribution in [3.05, 3.63) is 54.1 Å². The molecule has 1 N–H and O–H groups in total. The van der Waals surface area contributed by atoms with Gasteiger partial charge in [0.1, 0.15) is 5.75 Å². The molecular formula is C15H12N2O2S. The number of hydrogen-bond acceptors (Lipinski definition) is 4. The maximum Gasteiger partial charge on any atom is 0.418 e.